The summed E-state index contributed by atoms with van der Waals surface area (Å²) in [5, 5.41) is 18.6. The van der Waals surface area contributed by atoms with E-state index in [-0.39, 0.29) is 11.7 Å². The predicted octanol–water partition coefficient (Wildman–Crippen LogP) is 7.42. The van der Waals surface area contributed by atoms with Crippen LogP contribution in [0, 0.1) is 20.8 Å². The molecule has 1 aromatic heterocycles. The summed E-state index contributed by atoms with van der Waals surface area (Å²) in [7, 11) is 1.63. The van der Waals surface area contributed by atoms with Gasteiger partial charge in [-0.2, -0.15) is 5.10 Å². The Morgan fingerprint density at radius 3 is 2.44 bits per heavy atom. The Morgan fingerprint density at radius 1 is 0.951 bits per heavy atom. The number of rotatable bonds is 11. The first-order chi connectivity index (χ1) is 19.8. The Hall–Kier alpha value is -4.26. The highest BCUT2D eigenvalue weighted by Crippen LogP contribution is 2.47. The highest BCUT2D eigenvalue weighted by atomic mass is 16.5. The van der Waals surface area contributed by atoms with Gasteiger partial charge < -0.3 is 19.5 Å². The van der Waals surface area contributed by atoms with E-state index in [1.807, 2.05) is 49.9 Å². The number of nitrogens with one attached hydrogen (secondary N) is 1. The summed E-state index contributed by atoms with van der Waals surface area (Å²) in [4.78, 5) is 15.8. The molecule has 0 bridgehead atoms. The summed E-state index contributed by atoms with van der Waals surface area (Å²) >= 11 is 0. The molecule has 1 unspecified atom stereocenters. The van der Waals surface area contributed by atoms with Gasteiger partial charge in [-0.1, -0.05) is 68.1 Å². The molecule has 4 aromatic rings. The van der Waals surface area contributed by atoms with Crippen molar-refractivity contribution >= 4 is 5.91 Å². The maximum absolute atomic E-state index is 13.9. The number of benzene rings is 3. The molecule has 0 saturated heterocycles. The number of nitrogens with zero attached hydrogens (tertiary/aromatic N) is 2. The number of fused-ring (bicyclic) bond motifs is 1. The standard InChI is InChI=1S/C34H39N3O4/c1-6-7-8-9-16-41-27-15-14-25(19-28(27)40-5)33-30-31(29-23(4)17-22(3)18-26(29)38)35-36-32(30)34(39)37(33)20-24-12-10-21(2)11-13-24/h10-15,17-19,33,38H,6-9,16,20H2,1-5H3,(H,35,36). The molecular weight excluding hydrogens is 514 g/mol. The van der Waals surface area contributed by atoms with Crippen molar-refractivity contribution in [1.29, 1.82) is 0 Å². The SMILES string of the molecule is CCCCCCOc1ccc(C2c3c(-c4c(C)cc(C)cc4O)n[nH]c3C(=O)N2Cc2ccc(C)cc2)cc1OC. The lowest BCUT2D eigenvalue weighted by Crippen LogP contribution is -2.29. The zero-order chi connectivity index (χ0) is 29.1. The van der Waals surface area contributed by atoms with Crippen molar-refractivity contribution in [2.45, 2.75) is 66.0 Å². The van der Waals surface area contributed by atoms with E-state index in [0.717, 1.165) is 46.2 Å². The molecule has 0 spiro atoms. The van der Waals surface area contributed by atoms with E-state index in [0.29, 0.717) is 41.6 Å². The number of phenols is 1. The van der Waals surface area contributed by atoms with E-state index in [1.54, 1.807) is 13.2 Å². The van der Waals surface area contributed by atoms with E-state index >= 15 is 0 Å². The van der Waals surface area contributed by atoms with Crippen LogP contribution in [0.4, 0.5) is 0 Å². The second-order valence-electron chi connectivity index (χ2n) is 11.0. The number of aryl methyl sites for hydroxylation is 3. The van der Waals surface area contributed by atoms with E-state index < -0.39 is 6.04 Å². The number of unbranched alkanes of at least 4 members (excludes halogenated alkanes) is 3. The Kier molecular flexibility index (Phi) is 8.34. The number of carbonyl (C=O) groups excluding carboxylic acids is 1. The fraction of sp³-hybridized carbons (Fsp3) is 0.353. The molecule has 1 aliphatic rings. The normalized spacial score (nSPS) is 14.4. The first kappa shape index (κ1) is 28.3. The summed E-state index contributed by atoms with van der Waals surface area (Å²) in [6, 6.07) is 17.4. The van der Waals surface area contributed by atoms with Gasteiger partial charge in [-0.25, -0.2) is 0 Å². The van der Waals surface area contributed by atoms with Gasteiger partial charge in [0.05, 0.1) is 19.8 Å². The minimum atomic E-state index is -0.444. The molecule has 0 saturated carbocycles. The van der Waals surface area contributed by atoms with Crippen molar-refractivity contribution in [1.82, 2.24) is 15.1 Å². The molecule has 5 rings (SSSR count). The van der Waals surface area contributed by atoms with Gasteiger partial charge in [0, 0.05) is 17.7 Å². The number of carbonyl (C=O) groups is 1. The van der Waals surface area contributed by atoms with E-state index in [2.05, 4.69) is 41.4 Å². The molecule has 41 heavy (non-hydrogen) atoms. The van der Waals surface area contributed by atoms with Crippen molar-refractivity contribution in [2.75, 3.05) is 13.7 Å². The molecule has 1 atom stereocenters. The maximum atomic E-state index is 13.9. The van der Waals surface area contributed by atoms with Crippen LogP contribution in [0.15, 0.2) is 54.6 Å². The monoisotopic (exact) mass is 553 g/mol. The van der Waals surface area contributed by atoms with E-state index in [9.17, 15) is 9.90 Å². The highest BCUT2D eigenvalue weighted by molar-refractivity contribution is 6.00. The van der Waals surface area contributed by atoms with E-state index in [1.165, 1.54) is 12.8 Å². The Bertz CT molecular complexity index is 1520. The molecule has 0 fully saturated rings. The number of H-pyrrole nitrogens is 1. The lowest BCUT2D eigenvalue weighted by Gasteiger charge is -2.27. The van der Waals surface area contributed by atoms with Crippen molar-refractivity contribution in [3.63, 3.8) is 0 Å². The summed E-state index contributed by atoms with van der Waals surface area (Å²) in [5.74, 6) is 1.31. The molecule has 0 radical (unpaired) electrons. The van der Waals surface area contributed by atoms with Gasteiger partial charge in [0.15, 0.2) is 11.5 Å². The van der Waals surface area contributed by atoms with Crippen LogP contribution in [0.5, 0.6) is 17.2 Å². The fourth-order valence-corrected chi connectivity index (χ4v) is 5.72. The zero-order valence-corrected chi connectivity index (χ0v) is 24.6. The topological polar surface area (TPSA) is 87.7 Å². The first-order valence-corrected chi connectivity index (χ1v) is 14.4. The highest BCUT2D eigenvalue weighted by Gasteiger charge is 2.43. The summed E-state index contributed by atoms with van der Waals surface area (Å²) in [5.41, 5.74) is 7.32. The maximum Gasteiger partial charge on any atom is 0.273 e. The number of hydrogen-bond acceptors (Lipinski definition) is 5. The van der Waals surface area contributed by atoms with Gasteiger partial charge in [-0.05, 0) is 67.6 Å². The van der Waals surface area contributed by atoms with E-state index in [4.69, 9.17) is 9.47 Å². The average Bonchev–Trinajstić information content (AvgIpc) is 3.48. The number of methoxy groups -OCH3 is 1. The lowest BCUT2D eigenvalue weighted by atomic mass is 9.93. The minimum absolute atomic E-state index is 0.135. The summed E-state index contributed by atoms with van der Waals surface area (Å²) in [6.07, 6.45) is 4.49. The predicted molar refractivity (Wildman–Crippen MR) is 161 cm³/mol. The quantitative estimate of drug-likeness (QED) is 0.189. The van der Waals surface area contributed by atoms with Crippen LogP contribution in [0.2, 0.25) is 0 Å². The smallest absolute Gasteiger partial charge is 0.273 e. The van der Waals surface area contributed by atoms with Crippen molar-refractivity contribution in [3.05, 3.63) is 93.7 Å². The Balaban J connectivity index is 1.58. The first-order valence-electron chi connectivity index (χ1n) is 14.4. The molecule has 7 nitrogen and oxygen atoms in total. The van der Waals surface area contributed by atoms with Crippen LogP contribution in [0.25, 0.3) is 11.3 Å². The van der Waals surface area contributed by atoms with Gasteiger partial charge in [0.1, 0.15) is 17.1 Å². The second-order valence-corrected chi connectivity index (χ2v) is 11.0. The van der Waals surface area contributed by atoms with Gasteiger partial charge >= 0.3 is 0 Å². The molecule has 1 amide bonds. The van der Waals surface area contributed by atoms with Crippen LogP contribution < -0.4 is 9.47 Å². The Labute approximate surface area is 242 Å². The van der Waals surface area contributed by atoms with Crippen LogP contribution in [-0.4, -0.2) is 39.8 Å². The number of hydrogen-bond donors (Lipinski definition) is 2. The third-order valence-electron chi connectivity index (χ3n) is 7.79. The molecule has 1 aliphatic heterocycles. The number of aromatic nitrogens is 2. The minimum Gasteiger partial charge on any atom is -0.507 e. The number of amides is 1. The van der Waals surface area contributed by atoms with Gasteiger partial charge in [-0.15, -0.1) is 0 Å². The largest absolute Gasteiger partial charge is 0.507 e. The third kappa shape index (κ3) is 5.67. The second kappa shape index (κ2) is 12.1. The van der Waals surface area contributed by atoms with Gasteiger partial charge in [-0.3, -0.25) is 9.89 Å². The summed E-state index contributed by atoms with van der Waals surface area (Å²) < 4.78 is 11.8. The zero-order valence-electron chi connectivity index (χ0n) is 24.6. The average molecular weight is 554 g/mol. The molecule has 3 aromatic carbocycles. The van der Waals surface area contributed by atoms with Crippen molar-refractivity contribution < 1.29 is 19.4 Å². The van der Waals surface area contributed by atoms with Crippen LogP contribution in [0.3, 0.4) is 0 Å². The molecule has 7 heteroatoms. The third-order valence-corrected chi connectivity index (χ3v) is 7.79. The molecular formula is C34H39N3O4. The molecule has 2 N–H and O–H groups in total. The van der Waals surface area contributed by atoms with Crippen molar-refractivity contribution in [3.8, 4) is 28.5 Å². The molecule has 214 valence electrons. The van der Waals surface area contributed by atoms with Crippen LogP contribution in [-0.2, 0) is 6.54 Å². The van der Waals surface area contributed by atoms with Gasteiger partial charge in [0.2, 0.25) is 0 Å². The molecule has 0 aliphatic carbocycles. The van der Waals surface area contributed by atoms with Crippen molar-refractivity contribution in [2.24, 2.45) is 0 Å². The number of phenolic OH excluding ortho intramolecular Hbond substituents is 1. The number of ether oxygens (including phenoxy) is 2. The van der Waals surface area contributed by atoms with Crippen LogP contribution in [0.1, 0.15) is 82.5 Å². The summed E-state index contributed by atoms with van der Waals surface area (Å²) in [6.45, 7) is 9.18. The molecule has 2 heterocycles. The fourth-order valence-electron chi connectivity index (χ4n) is 5.72. The van der Waals surface area contributed by atoms with Crippen LogP contribution >= 0.6 is 0 Å². The number of aromatic amines is 1. The number of aromatic hydroxyl groups is 1. The Morgan fingerprint density at radius 2 is 1.73 bits per heavy atom. The lowest BCUT2D eigenvalue weighted by molar-refractivity contribution is 0.0730. The van der Waals surface area contributed by atoms with Gasteiger partial charge in [0.25, 0.3) is 5.91 Å².